The molecule has 0 bridgehead atoms. The van der Waals surface area contributed by atoms with Crippen molar-refractivity contribution in [2.24, 2.45) is 5.92 Å². The number of hydrogen-bond acceptors (Lipinski definition) is 3. The van der Waals surface area contributed by atoms with Crippen LogP contribution in [0.2, 0.25) is 4.34 Å². The van der Waals surface area contributed by atoms with Gasteiger partial charge in [-0.05, 0) is 17.0 Å². The number of likely N-dealkylation sites (tertiary alicyclic amines) is 1. The summed E-state index contributed by atoms with van der Waals surface area (Å²) in [5, 5.41) is 10.8. The van der Waals surface area contributed by atoms with E-state index < -0.39 is 0 Å². The van der Waals surface area contributed by atoms with Crippen LogP contribution in [0.25, 0.3) is 0 Å². The van der Waals surface area contributed by atoms with Gasteiger partial charge in [-0.1, -0.05) is 11.6 Å². The largest absolute Gasteiger partial charge is 0.396 e. The van der Waals surface area contributed by atoms with E-state index in [-0.39, 0.29) is 0 Å². The Morgan fingerprint density at radius 2 is 2.38 bits per heavy atom. The van der Waals surface area contributed by atoms with Crippen LogP contribution in [0.1, 0.15) is 5.56 Å². The molecule has 0 spiro atoms. The molecular weight excluding hydrogens is 206 g/mol. The van der Waals surface area contributed by atoms with Crippen molar-refractivity contribution in [1.82, 2.24) is 4.90 Å². The standard InChI is InChI=1S/C9H12ClNOS/c10-9-8(1-2-13-9)5-11-3-7(4-11)6-12/h1-2,7,12H,3-6H2. The Morgan fingerprint density at radius 3 is 2.92 bits per heavy atom. The van der Waals surface area contributed by atoms with Gasteiger partial charge in [0.25, 0.3) is 0 Å². The summed E-state index contributed by atoms with van der Waals surface area (Å²) in [6, 6.07) is 2.07. The van der Waals surface area contributed by atoms with E-state index in [0.29, 0.717) is 12.5 Å². The SMILES string of the molecule is OCC1CN(Cc2ccsc2Cl)C1. The van der Waals surface area contributed by atoms with E-state index in [0.717, 1.165) is 24.0 Å². The first kappa shape index (κ1) is 9.46. The van der Waals surface area contributed by atoms with Gasteiger partial charge in [0.15, 0.2) is 0 Å². The molecule has 0 unspecified atom stereocenters. The molecule has 72 valence electrons. The average Bonchev–Trinajstić information content (AvgIpc) is 2.43. The predicted molar refractivity (Wildman–Crippen MR) is 55.2 cm³/mol. The van der Waals surface area contributed by atoms with E-state index in [2.05, 4.69) is 11.0 Å². The van der Waals surface area contributed by atoms with Crippen LogP contribution in [-0.2, 0) is 6.54 Å². The van der Waals surface area contributed by atoms with E-state index >= 15 is 0 Å². The third-order valence-electron chi connectivity index (χ3n) is 2.38. The molecule has 0 aliphatic carbocycles. The highest BCUT2D eigenvalue weighted by molar-refractivity contribution is 7.14. The van der Waals surface area contributed by atoms with Crippen LogP contribution in [0, 0.1) is 5.92 Å². The van der Waals surface area contributed by atoms with Crippen molar-refractivity contribution in [2.45, 2.75) is 6.54 Å². The molecule has 2 nitrogen and oxygen atoms in total. The molecular formula is C9H12ClNOS. The summed E-state index contributed by atoms with van der Waals surface area (Å²) in [4.78, 5) is 2.30. The van der Waals surface area contributed by atoms with E-state index in [1.165, 1.54) is 5.56 Å². The molecule has 2 rings (SSSR count). The summed E-state index contributed by atoms with van der Waals surface area (Å²) >= 11 is 7.55. The molecule has 4 heteroatoms. The van der Waals surface area contributed by atoms with Crippen LogP contribution >= 0.6 is 22.9 Å². The van der Waals surface area contributed by atoms with Crippen LogP contribution in [0.4, 0.5) is 0 Å². The minimum absolute atomic E-state index is 0.313. The zero-order valence-electron chi connectivity index (χ0n) is 7.24. The summed E-state index contributed by atoms with van der Waals surface area (Å²) < 4.78 is 0.896. The minimum atomic E-state index is 0.313. The number of aliphatic hydroxyl groups is 1. The van der Waals surface area contributed by atoms with Crippen molar-refractivity contribution in [1.29, 1.82) is 0 Å². The highest BCUT2D eigenvalue weighted by Gasteiger charge is 2.26. The molecule has 13 heavy (non-hydrogen) atoms. The van der Waals surface area contributed by atoms with Gasteiger partial charge in [0.1, 0.15) is 0 Å². The second-order valence-corrected chi connectivity index (χ2v) is 4.98. The first-order valence-electron chi connectivity index (χ1n) is 4.34. The maximum atomic E-state index is 8.83. The number of aliphatic hydroxyl groups excluding tert-OH is 1. The summed E-state index contributed by atoms with van der Waals surface area (Å²) in [5.41, 5.74) is 1.21. The van der Waals surface area contributed by atoms with Crippen LogP contribution < -0.4 is 0 Å². The number of halogens is 1. The van der Waals surface area contributed by atoms with Gasteiger partial charge in [-0.3, -0.25) is 4.90 Å². The second kappa shape index (κ2) is 3.96. The maximum Gasteiger partial charge on any atom is 0.0973 e. The fourth-order valence-electron chi connectivity index (χ4n) is 1.59. The van der Waals surface area contributed by atoms with Crippen molar-refractivity contribution in [3.05, 3.63) is 21.3 Å². The second-order valence-electron chi connectivity index (χ2n) is 3.46. The molecule has 1 aliphatic heterocycles. The Balaban J connectivity index is 1.84. The van der Waals surface area contributed by atoms with Crippen LogP contribution in [-0.4, -0.2) is 29.7 Å². The van der Waals surface area contributed by atoms with Gasteiger partial charge in [0.2, 0.25) is 0 Å². The van der Waals surface area contributed by atoms with Crippen LogP contribution in [0.3, 0.4) is 0 Å². The van der Waals surface area contributed by atoms with Gasteiger partial charge in [-0.15, -0.1) is 11.3 Å². The first-order chi connectivity index (χ1) is 6.29. The molecule has 1 saturated heterocycles. The summed E-state index contributed by atoms with van der Waals surface area (Å²) in [5.74, 6) is 0.484. The molecule has 0 radical (unpaired) electrons. The van der Waals surface area contributed by atoms with Crippen molar-refractivity contribution in [3.8, 4) is 0 Å². The van der Waals surface area contributed by atoms with Gasteiger partial charge in [0, 0.05) is 32.2 Å². The molecule has 1 aromatic rings. The van der Waals surface area contributed by atoms with Crippen LogP contribution in [0.15, 0.2) is 11.4 Å². The molecule has 1 N–H and O–H groups in total. The molecule has 0 amide bonds. The van der Waals surface area contributed by atoms with E-state index in [4.69, 9.17) is 16.7 Å². The lowest BCUT2D eigenvalue weighted by atomic mass is 10.0. The first-order valence-corrected chi connectivity index (χ1v) is 5.60. The topological polar surface area (TPSA) is 23.5 Å². The molecule has 1 aromatic heterocycles. The van der Waals surface area contributed by atoms with Crippen molar-refractivity contribution in [2.75, 3.05) is 19.7 Å². The fraction of sp³-hybridized carbons (Fsp3) is 0.556. The molecule has 0 aromatic carbocycles. The zero-order valence-corrected chi connectivity index (χ0v) is 8.81. The zero-order chi connectivity index (χ0) is 9.26. The monoisotopic (exact) mass is 217 g/mol. The third-order valence-corrected chi connectivity index (χ3v) is 3.63. The average molecular weight is 218 g/mol. The Bertz CT molecular complexity index is 283. The summed E-state index contributed by atoms with van der Waals surface area (Å²) in [7, 11) is 0. The van der Waals surface area contributed by atoms with Crippen molar-refractivity contribution >= 4 is 22.9 Å². The van der Waals surface area contributed by atoms with E-state index in [1.807, 2.05) is 5.38 Å². The highest BCUT2D eigenvalue weighted by atomic mass is 35.5. The Kier molecular flexibility index (Phi) is 2.89. The lowest BCUT2D eigenvalue weighted by molar-refractivity contribution is 0.0480. The number of rotatable bonds is 3. The van der Waals surface area contributed by atoms with Gasteiger partial charge in [-0.2, -0.15) is 0 Å². The Labute approximate surface area is 86.7 Å². The summed E-state index contributed by atoms with van der Waals surface area (Å²) in [6.45, 7) is 3.25. The Hall–Kier alpha value is -0.0900. The third kappa shape index (κ3) is 2.05. The van der Waals surface area contributed by atoms with Gasteiger partial charge < -0.3 is 5.11 Å². The molecule has 1 fully saturated rings. The quantitative estimate of drug-likeness (QED) is 0.835. The van der Waals surface area contributed by atoms with Crippen molar-refractivity contribution in [3.63, 3.8) is 0 Å². The Morgan fingerprint density at radius 1 is 1.62 bits per heavy atom. The smallest absolute Gasteiger partial charge is 0.0973 e. The van der Waals surface area contributed by atoms with Crippen LogP contribution in [0.5, 0.6) is 0 Å². The predicted octanol–water partition coefficient (Wildman–Crippen LogP) is 1.83. The van der Waals surface area contributed by atoms with Gasteiger partial charge in [0.05, 0.1) is 4.34 Å². The van der Waals surface area contributed by atoms with Gasteiger partial charge >= 0.3 is 0 Å². The van der Waals surface area contributed by atoms with E-state index in [9.17, 15) is 0 Å². The van der Waals surface area contributed by atoms with E-state index in [1.54, 1.807) is 11.3 Å². The van der Waals surface area contributed by atoms with Gasteiger partial charge in [-0.25, -0.2) is 0 Å². The fourth-order valence-corrected chi connectivity index (χ4v) is 2.51. The number of thiophene rings is 1. The number of hydrogen-bond donors (Lipinski definition) is 1. The highest BCUT2D eigenvalue weighted by Crippen LogP contribution is 2.26. The lowest BCUT2D eigenvalue weighted by Crippen LogP contribution is -2.47. The summed E-state index contributed by atoms with van der Waals surface area (Å²) in [6.07, 6.45) is 0. The normalized spacial score (nSPS) is 18.9. The lowest BCUT2D eigenvalue weighted by Gasteiger charge is -2.38. The number of nitrogens with zero attached hydrogens (tertiary/aromatic N) is 1. The molecule has 0 atom stereocenters. The van der Waals surface area contributed by atoms with Crippen molar-refractivity contribution < 1.29 is 5.11 Å². The minimum Gasteiger partial charge on any atom is -0.396 e. The molecule has 1 aliphatic rings. The molecule has 0 saturated carbocycles. The molecule has 2 heterocycles. The maximum absolute atomic E-state index is 8.83.